The van der Waals surface area contributed by atoms with Gasteiger partial charge in [0.1, 0.15) is 24.4 Å². The average Bonchev–Trinajstić information content (AvgIpc) is 1.75. The third-order valence-electron chi connectivity index (χ3n) is 20.0. The number of rotatable bonds is 74. The molecule has 0 aromatic heterocycles. The Kier molecular flexibility index (Phi) is 68.8. The summed E-state index contributed by atoms with van der Waals surface area (Å²) < 4.78 is 11.3. The zero-order valence-corrected chi connectivity index (χ0v) is 60.9. The second-order valence-electron chi connectivity index (χ2n) is 28.9. The van der Waals surface area contributed by atoms with Crippen molar-refractivity contribution >= 4 is 5.91 Å². The molecule has 7 atom stereocenters. The Labute approximate surface area is 566 Å². The highest BCUT2D eigenvalue weighted by atomic mass is 16.7. The van der Waals surface area contributed by atoms with Crippen LogP contribution in [0.3, 0.4) is 0 Å². The minimum absolute atomic E-state index is 0.176. The van der Waals surface area contributed by atoms with Crippen LogP contribution in [0.25, 0.3) is 0 Å². The lowest BCUT2D eigenvalue weighted by Gasteiger charge is -2.40. The molecule has 6 N–H and O–H groups in total. The smallest absolute Gasteiger partial charge is 0.220 e. The topological polar surface area (TPSA) is 149 Å². The Morgan fingerprint density at radius 2 is 0.626 bits per heavy atom. The summed E-state index contributed by atoms with van der Waals surface area (Å²) in [6.07, 6.45) is 89.3. The van der Waals surface area contributed by atoms with Crippen molar-refractivity contribution in [2.24, 2.45) is 0 Å². The van der Waals surface area contributed by atoms with Crippen LogP contribution in [0.1, 0.15) is 438 Å². The molecule has 1 fully saturated rings. The molecule has 0 spiro atoms. The fourth-order valence-corrected chi connectivity index (χ4v) is 13.7. The minimum atomic E-state index is -1.57. The molecular weight excluding hydrogens is 1130 g/mol. The summed E-state index contributed by atoms with van der Waals surface area (Å²) in [5, 5.41) is 54.9. The molecule has 9 nitrogen and oxygen atoms in total. The molecule has 1 aliphatic heterocycles. The molecule has 1 aliphatic rings. The summed E-state index contributed by atoms with van der Waals surface area (Å²) in [5.41, 5.74) is 0. The predicted molar refractivity (Wildman–Crippen MR) is 392 cm³/mol. The van der Waals surface area contributed by atoms with E-state index in [0.29, 0.717) is 6.42 Å². The maximum absolute atomic E-state index is 13.2. The second kappa shape index (κ2) is 71.4. The van der Waals surface area contributed by atoms with Gasteiger partial charge in [-0.15, -0.1) is 0 Å². The van der Waals surface area contributed by atoms with Gasteiger partial charge in [0.15, 0.2) is 6.29 Å². The van der Waals surface area contributed by atoms with Gasteiger partial charge in [-0.2, -0.15) is 0 Å². The van der Waals surface area contributed by atoms with Crippen LogP contribution in [-0.2, 0) is 14.3 Å². The third kappa shape index (κ3) is 59.7. The molecule has 1 amide bonds. The van der Waals surface area contributed by atoms with Gasteiger partial charge in [-0.05, 0) is 32.1 Å². The Hall–Kier alpha value is -1.33. The highest BCUT2D eigenvalue weighted by Gasteiger charge is 2.44. The molecule has 1 rings (SSSR count). The van der Waals surface area contributed by atoms with E-state index in [-0.39, 0.29) is 12.5 Å². The first-order valence-corrected chi connectivity index (χ1v) is 41.1. The van der Waals surface area contributed by atoms with Gasteiger partial charge >= 0.3 is 0 Å². The van der Waals surface area contributed by atoms with Crippen molar-refractivity contribution in [3.05, 3.63) is 24.3 Å². The van der Waals surface area contributed by atoms with Gasteiger partial charge < -0.3 is 40.3 Å². The molecular formula is C82H159NO8. The first-order chi connectivity index (χ1) is 44.8. The summed E-state index contributed by atoms with van der Waals surface area (Å²) in [6.45, 7) is 3.84. The molecule has 540 valence electrons. The SMILES string of the molecule is CCCCCCCCCCCCCCCCCCCCCCC/C=C/CC/C=C/C(O)C(COC1OC(CO)C(O)C(O)C1O)NC(=O)CCCCCCCCCCCCCCCCCCCCCCCCCCCCCCCCCCCCCCCCCCC. The van der Waals surface area contributed by atoms with Crippen molar-refractivity contribution in [3.63, 3.8) is 0 Å². The number of unbranched alkanes of at least 4 members (excludes halogenated alkanes) is 62. The molecule has 1 saturated heterocycles. The van der Waals surface area contributed by atoms with Crippen LogP contribution in [0, 0.1) is 0 Å². The molecule has 0 aromatic carbocycles. The van der Waals surface area contributed by atoms with Crippen molar-refractivity contribution in [1.82, 2.24) is 5.32 Å². The third-order valence-corrected chi connectivity index (χ3v) is 20.0. The lowest BCUT2D eigenvalue weighted by Crippen LogP contribution is -2.60. The van der Waals surface area contributed by atoms with Crippen LogP contribution in [0.4, 0.5) is 0 Å². The zero-order valence-electron chi connectivity index (χ0n) is 60.9. The number of ether oxygens (including phenoxy) is 2. The first-order valence-electron chi connectivity index (χ1n) is 41.1. The number of aliphatic hydroxyl groups excluding tert-OH is 5. The molecule has 0 aliphatic carbocycles. The highest BCUT2D eigenvalue weighted by Crippen LogP contribution is 2.24. The minimum Gasteiger partial charge on any atom is -0.394 e. The lowest BCUT2D eigenvalue weighted by atomic mass is 9.99. The van der Waals surface area contributed by atoms with E-state index in [4.69, 9.17) is 9.47 Å². The van der Waals surface area contributed by atoms with Crippen molar-refractivity contribution in [1.29, 1.82) is 0 Å². The number of carbonyl (C=O) groups is 1. The lowest BCUT2D eigenvalue weighted by molar-refractivity contribution is -0.302. The fraction of sp³-hybridized carbons (Fsp3) is 0.939. The summed E-state index contributed by atoms with van der Waals surface area (Å²) in [4.78, 5) is 13.2. The van der Waals surface area contributed by atoms with Gasteiger partial charge in [0.05, 0.1) is 25.4 Å². The molecule has 7 unspecified atom stereocenters. The Balaban J connectivity index is 2.03. The maximum Gasteiger partial charge on any atom is 0.220 e. The van der Waals surface area contributed by atoms with Crippen LogP contribution in [-0.4, -0.2) is 87.5 Å². The van der Waals surface area contributed by atoms with E-state index >= 15 is 0 Å². The fourth-order valence-electron chi connectivity index (χ4n) is 13.7. The van der Waals surface area contributed by atoms with Crippen LogP contribution < -0.4 is 5.32 Å². The number of amides is 1. The molecule has 0 radical (unpaired) electrons. The molecule has 91 heavy (non-hydrogen) atoms. The van der Waals surface area contributed by atoms with E-state index in [0.717, 1.165) is 38.5 Å². The highest BCUT2D eigenvalue weighted by molar-refractivity contribution is 5.76. The number of nitrogens with one attached hydrogen (secondary N) is 1. The van der Waals surface area contributed by atoms with Crippen LogP contribution in [0.5, 0.6) is 0 Å². The van der Waals surface area contributed by atoms with E-state index in [2.05, 4.69) is 31.3 Å². The average molecular weight is 1290 g/mol. The van der Waals surface area contributed by atoms with Crippen molar-refractivity contribution in [2.45, 2.75) is 480 Å². The van der Waals surface area contributed by atoms with Gasteiger partial charge in [-0.3, -0.25) is 4.79 Å². The molecule has 0 bridgehead atoms. The summed E-state index contributed by atoms with van der Waals surface area (Å²) in [5.74, 6) is -0.176. The Morgan fingerprint density at radius 1 is 0.363 bits per heavy atom. The van der Waals surface area contributed by atoms with Gasteiger partial charge in [0, 0.05) is 6.42 Å². The number of carbonyl (C=O) groups excluding carboxylic acids is 1. The molecule has 0 aromatic rings. The normalized spacial score (nSPS) is 17.7. The monoisotopic (exact) mass is 1290 g/mol. The van der Waals surface area contributed by atoms with Crippen molar-refractivity contribution in [2.75, 3.05) is 13.2 Å². The van der Waals surface area contributed by atoms with Crippen LogP contribution >= 0.6 is 0 Å². The van der Waals surface area contributed by atoms with E-state index in [1.807, 2.05) is 6.08 Å². The molecule has 0 saturated carbocycles. The number of aliphatic hydroxyl groups is 5. The number of hydrogen-bond acceptors (Lipinski definition) is 8. The van der Waals surface area contributed by atoms with Crippen LogP contribution in [0.15, 0.2) is 24.3 Å². The van der Waals surface area contributed by atoms with Gasteiger partial charge in [-0.25, -0.2) is 0 Å². The summed E-state index contributed by atoms with van der Waals surface area (Å²) >= 11 is 0. The van der Waals surface area contributed by atoms with Crippen LogP contribution in [0.2, 0.25) is 0 Å². The number of allylic oxidation sites excluding steroid dienone is 3. The van der Waals surface area contributed by atoms with E-state index in [1.54, 1.807) is 6.08 Å². The van der Waals surface area contributed by atoms with Gasteiger partial charge in [-0.1, -0.05) is 423 Å². The van der Waals surface area contributed by atoms with Crippen molar-refractivity contribution < 1.29 is 39.8 Å². The van der Waals surface area contributed by atoms with E-state index in [9.17, 15) is 30.3 Å². The first kappa shape index (κ1) is 87.7. The predicted octanol–water partition coefficient (Wildman–Crippen LogP) is 23.5. The number of hydrogen-bond donors (Lipinski definition) is 6. The zero-order chi connectivity index (χ0) is 65.7. The standard InChI is InChI=1S/C82H159NO8/c1-3-5-7-9-11-13-15-17-19-21-23-25-27-29-31-32-33-34-35-36-37-38-39-40-41-42-43-44-46-48-50-52-54-56-58-60-62-64-66-68-70-72-78(86)83-75(74-90-82-81(89)80(88)79(87)77(73-84)91-82)76(85)71-69-67-65-63-61-59-57-55-53-51-49-47-45-30-28-26-24-22-20-18-16-14-12-10-8-6-4-2/h61,63,69,71,75-77,79-82,84-85,87-89H,3-60,62,64-68,70,72-74H2,1-2H3,(H,83,86)/b63-61+,71-69+. The molecule has 1 heterocycles. The van der Waals surface area contributed by atoms with Crippen molar-refractivity contribution in [3.8, 4) is 0 Å². The maximum atomic E-state index is 13.2. The largest absolute Gasteiger partial charge is 0.394 e. The summed E-state index contributed by atoms with van der Waals surface area (Å²) in [7, 11) is 0. The second-order valence-corrected chi connectivity index (χ2v) is 28.9. The van der Waals surface area contributed by atoms with Gasteiger partial charge in [0.2, 0.25) is 5.91 Å². The van der Waals surface area contributed by atoms with E-state index in [1.165, 1.54) is 379 Å². The summed E-state index contributed by atoms with van der Waals surface area (Å²) in [6, 6.07) is -0.821. The Morgan fingerprint density at radius 3 is 0.923 bits per heavy atom. The van der Waals surface area contributed by atoms with Gasteiger partial charge in [0.25, 0.3) is 0 Å². The molecule has 9 heteroatoms. The Bertz CT molecular complexity index is 1490. The quantitative estimate of drug-likeness (QED) is 0.0261. The van der Waals surface area contributed by atoms with E-state index < -0.39 is 49.5 Å².